The van der Waals surface area contributed by atoms with Crippen LogP contribution in [0.25, 0.3) is 0 Å². The molecule has 0 saturated carbocycles. The van der Waals surface area contributed by atoms with Gasteiger partial charge in [-0.25, -0.2) is 0 Å². The molecule has 4 N–H and O–H groups in total. The molecular weight excluding hydrogens is 304 g/mol. The largest absolute Gasteiger partial charge is 0.396 e. The highest BCUT2D eigenvalue weighted by Gasteiger charge is 2.19. The lowest BCUT2D eigenvalue weighted by atomic mass is 9.98. The van der Waals surface area contributed by atoms with Gasteiger partial charge in [0.15, 0.2) is 0 Å². The maximum Gasteiger partial charge on any atom is 0.232 e. The fourth-order valence-corrected chi connectivity index (χ4v) is 2.93. The van der Waals surface area contributed by atoms with Crippen LogP contribution in [0, 0.1) is 12.8 Å². The molecule has 1 aromatic heterocycles. The van der Waals surface area contributed by atoms with Crippen molar-refractivity contribution in [2.75, 3.05) is 30.7 Å². The lowest BCUT2D eigenvalue weighted by Crippen LogP contribution is -2.34. The average molecular weight is 328 g/mol. The second kappa shape index (κ2) is 7.55. The third kappa shape index (κ3) is 4.18. The molecule has 1 aliphatic rings. The molecule has 0 bridgehead atoms. The molecule has 0 unspecified atom stereocenters. The van der Waals surface area contributed by atoms with Gasteiger partial charge in [-0.2, -0.15) is 15.0 Å². The van der Waals surface area contributed by atoms with Crippen LogP contribution in [0.2, 0.25) is 0 Å². The van der Waals surface area contributed by atoms with Crippen molar-refractivity contribution >= 4 is 17.6 Å². The summed E-state index contributed by atoms with van der Waals surface area (Å²) in [4.78, 5) is 15.2. The summed E-state index contributed by atoms with van der Waals surface area (Å²) < 4.78 is 0. The van der Waals surface area contributed by atoms with E-state index in [1.54, 1.807) is 0 Å². The number of aliphatic hydroxyl groups excluding tert-OH is 1. The summed E-state index contributed by atoms with van der Waals surface area (Å²) in [7, 11) is 0. The number of benzene rings is 1. The monoisotopic (exact) mass is 328 g/mol. The number of anilines is 3. The molecular formula is C17H24N6O. The molecule has 0 spiro atoms. The summed E-state index contributed by atoms with van der Waals surface area (Å²) in [6.07, 6.45) is 2.01. The molecule has 1 aliphatic heterocycles. The summed E-state index contributed by atoms with van der Waals surface area (Å²) >= 11 is 0. The van der Waals surface area contributed by atoms with Gasteiger partial charge in [0.05, 0.1) is 6.54 Å². The Balaban J connectivity index is 1.69. The Bertz CT molecular complexity index is 685. The van der Waals surface area contributed by atoms with E-state index in [4.69, 9.17) is 5.73 Å². The molecule has 128 valence electrons. The van der Waals surface area contributed by atoms with Crippen LogP contribution in [0.5, 0.6) is 0 Å². The van der Waals surface area contributed by atoms with Gasteiger partial charge in [-0.15, -0.1) is 0 Å². The summed E-state index contributed by atoms with van der Waals surface area (Å²) in [5.74, 6) is 1.78. The number of nitrogens with zero attached hydrogens (tertiary/aromatic N) is 4. The molecule has 1 aromatic carbocycles. The van der Waals surface area contributed by atoms with E-state index >= 15 is 0 Å². The van der Waals surface area contributed by atoms with Crippen LogP contribution < -0.4 is 11.1 Å². The smallest absolute Gasteiger partial charge is 0.232 e. The second-order valence-electron chi connectivity index (χ2n) is 6.28. The minimum Gasteiger partial charge on any atom is -0.396 e. The number of para-hydroxylation sites is 1. The first-order valence-corrected chi connectivity index (χ1v) is 8.30. The van der Waals surface area contributed by atoms with Gasteiger partial charge < -0.3 is 16.2 Å². The highest BCUT2D eigenvalue weighted by molar-refractivity contribution is 5.58. The second-order valence-corrected chi connectivity index (χ2v) is 6.28. The Morgan fingerprint density at radius 1 is 1.21 bits per heavy atom. The first kappa shape index (κ1) is 16.6. The van der Waals surface area contributed by atoms with Crippen molar-refractivity contribution in [3.05, 3.63) is 35.7 Å². The van der Waals surface area contributed by atoms with Crippen LogP contribution in [0.1, 0.15) is 24.2 Å². The number of hydrogen-bond acceptors (Lipinski definition) is 7. The lowest BCUT2D eigenvalue weighted by Gasteiger charge is -2.30. The number of aryl methyl sites for hydroxylation is 1. The van der Waals surface area contributed by atoms with Crippen molar-refractivity contribution in [3.63, 3.8) is 0 Å². The van der Waals surface area contributed by atoms with Gasteiger partial charge >= 0.3 is 0 Å². The van der Waals surface area contributed by atoms with Crippen molar-refractivity contribution in [3.8, 4) is 0 Å². The number of rotatable bonds is 5. The van der Waals surface area contributed by atoms with E-state index in [-0.39, 0.29) is 12.6 Å². The zero-order chi connectivity index (χ0) is 16.9. The Hall–Kier alpha value is -2.25. The fourth-order valence-electron chi connectivity index (χ4n) is 2.93. The van der Waals surface area contributed by atoms with Crippen molar-refractivity contribution in [2.24, 2.45) is 5.92 Å². The number of nitrogen functional groups attached to an aromatic ring is 1. The Morgan fingerprint density at radius 2 is 1.96 bits per heavy atom. The van der Waals surface area contributed by atoms with Gasteiger partial charge in [0.2, 0.25) is 11.9 Å². The van der Waals surface area contributed by atoms with E-state index in [0.29, 0.717) is 24.2 Å². The summed E-state index contributed by atoms with van der Waals surface area (Å²) in [6, 6.07) is 7.96. The Kier molecular flexibility index (Phi) is 5.22. The standard InChI is InChI=1S/C17H24N6O/c1-12-4-2-3-5-14(12)19-17-21-15(20-16(18)22-17)10-23-8-6-13(11-24)7-9-23/h2-5,13,24H,6-11H2,1H3,(H3,18,19,20,21,22). The summed E-state index contributed by atoms with van der Waals surface area (Å²) in [6.45, 7) is 4.83. The van der Waals surface area contributed by atoms with Crippen LogP contribution in [0.4, 0.5) is 17.6 Å². The molecule has 0 atom stereocenters. The highest BCUT2D eigenvalue weighted by Crippen LogP contribution is 2.20. The van der Waals surface area contributed by atoms with Crippen LogP contribution in [-0.2, 0) is 6.54 Å². The summed E-state index contributed by atoms with van der Waals surface area (Å²) in [5.41, 5.74) is 7.92. The molecule has 7 heteroatoms. The van der Waals surface area contributed by atoms with Crippen molar-refractivity contribution < 1.29 is 5.11 Å². The first-order valence-electron chi connectivity index (χ1n) is 8.30. The van der Waals surface area contributed by atoms with Gasteiger partial charge in [0.1, 0.15) is 5.82 Å². The predicted octanol–water partition coefficient (Wildman–Crippen LogP) is 1.71. The topological polar surface area (TPSA) is 100 Å². The van der Waals surface area contributed by atoms with Crippen LogP contribution in [0.15, 0.2) is 24.3 Å². The zero-order valence-electron chi connectivity index (χ0n) is 13.9. The number of likely N-dealkylation sites (tertiary alicyclic amines) is 1. The minimum absolute atomic E-state index is 0.223. The number of aliphatic hydroxyl groups is 1. The van der Waals surface area contributed by atoms with Crippen molar-refractivity contribution in [1.82, 2.24) is 19.9 Å². The van der Waals surface area contributed by atoms with E-state index < -0.39 is 0 Å². The number of nitrogens with two attached hydrogens (primary N) is 1. The van der Waals surface area contributed by atoms with Gasteiger partial charge in [-0.05, 0) is 50.4 Å². The number of aromatic nitrogens is 3. The van der Waals surface area contributed by atoms with Gasteiger partial charge in [-0.3, -0.25) is 4.90 Å². The van der Waals surface area contributed by atoms with E-state index in [9.17, 15) is 5.11 Å². The zero-order valence-corrected chi connectivity index (χ0v) is 13.9. The van der Waals surface area contributed by atoms with Crippen molar-refractivity contribution in [1.29, 1.82) is 0 Å². The van der Waals surface area contributed by atoms with E-state index in [1.165, 1.54) is 0 Å². The maximum absolute atomic E-state index is 9.23. The SMILES string of the molecule is Cc1ccccc1Nc1nc(N)nc(CN2CCC(CO)CC2)n1. The average Bonchev–Trinajstić information content (AvgIpc) is 2.57. The first-order chi connectivity index (χ1) is 11.6. The molecule has 2 heterocycles. The van der Waals surface area contributed by atoms with Gasteiger partial charge in [0, 0.05) is 12.3 Å². The van der Waals surface area contributed by atoms with Gasteiger partial charge in [0.25, 0.3) is 0 Å². The molecule has 1 saturated heterocycles. The fraction of sp³-hybridized carbons (Fsp3) is 0.471. The third-order valence-corrected chi connectivity index (χ3v) is 4.42. The Morgan fingerprint density at radius 3 is 2.67 bits per heavy atom. The molecule has 1 fully saturated rings. The van der Waals surface area contributed by atoms with E-state index in [2.05, 4.69) is 25.2 Å². The summed E-state index contributed by atoms with van der Waals surface area (Å²) in [5, 5.41) is 12.4. The van der Waals surface area contributed by atoms with Gasteiger partial charge in [-0.1, -0.05) is 18.2 Å². The van der Waals surface area contributed by atoms with Crippen LogP contribution in [-0.4, -0.2) is 44.7 Å². The predicted molar refractivity (Wildman–Crippen MR) is 93.8 cm³/mol. The highest BCUT2D eigenvalue weighted by atomic mass is 16.3. The maximum atomic E-state index is 9.23. The molecule has 3 rings (SSSR count). The molecule has 2 aromatic rings. The number of nitrogens with one attached hydrogen (secondary N) is 1. The van der Waals surface area contributed by atoms with Crippen LogP contribution >= 0.6 is 0 Å². The molecule has 0 radical (unpaired) electrons. The minimum atomic E-state index is 0.223. The number of piperidine rings is 1. The molecule has 7 nitrogen and oxygen atoms in total. The van der Waals surface area contributed by atoms with E-state index in [0.717, 1.165) is 37.2 Å². The molecule has 24 heavy (non-hydrogen) atoms. The molecule has 0 amide bonds. The van der Waals surface area contributed by atoms with Crippen molar-refractivity contribution in [2.45, 2.75) is 26.3 Å². The Labute approximate surface area is 142 Å². The third-order valence-electron chi connectivity index (χ3n) is 4.42. The van der Waals surface area contributed by atoms with E-state index in [1.807, 2.05) is 31.2 Å². The normalized spacial score (nSPS) is 16.2. The quantitative estimate of drug-likeness (QED) is 0.768. The molecule has 0 aliphatic carbocycles. The lowest BCUT2D eigenvalue weighted by molar-refractivity contribution is 0.125. The number of hydrogen-bond donors (Lipinski definition) is 3. The van der Waals surface area contributed by atoms with Crippen LogP contribution in [0.3, 0.4) is 0 Å².